The number of esters is 1. The molecule has 0 bridgehead atoms. The van der Waals surface area contributed by atoms with Crippen LogP contribution < -0.4 is 0 Å². The van der Waals surface area contributed by atoms with Crippen molar-refractivity contribution in [2.45, 2.75) is 330 Å². The van der Waals surface area contributed by atoms with Gasteiger partial charge in [0.1, 0.15) is 6.10 Å². The quantitative estimate of drug-likeness (QED) is 0.0312. The van der Waals surface area contributed by atoms with Crippen molar-refractivity contribution in [3.63, 3.8) is 0 Å². The molecule has 0 aromatic carbocycles. The third kappa shape index (κ3) is 19.3. The lowest BCUT2D eigenvalue weighted by Crippen LogP contribution is -2.67. The van der Waals surface area contributed by atoms with Crippen molar-refractivity contribution in [3.05, 3.63) is 22.3 Å². The molecule has 16 heteroatoms. The molecule has 0 radical (unpaired) electrons. The molecular weight excluding hydrogens is 1320 g/mol. The molecule has 3 rings (SSSR count). The Bertz CT molecular complexity index is 2060. The van der Waals surface area contributed by atoms with Crippen LogP contribution in [0.1, 0.15) is 197 Å². The average Bonchev–Trinajstić information content (AvgIpc) is 3.54. The molecular formula is C66H128I2O10Si4. The van der Waals surface area contributed by atoms with Gasteiger partial charge in [0, 0.05) is 59.0 Å². The Morgan fingerprint density at radius 2 is 1.21 bits per heavy atom. The number of allylic oxidation sites excluding steroid dienone is 1. The van der Waals surface area contributed by atoms with Crippen molar-refractivity contribution < 1.29 is 46.6 Å². The summed E-state index contributed by atoms with van der Waals surface area (Å²) in [5.74, 6) is -3.35. The fraction of sp³-hybridized carbons (Fsp3) is 0.924. The first-order valence-corrected chi connectivity index (χ1v) is 46.6. The van der Waals surface area contributed by atoms with Gasteiger partial charge in [0.15, 0.2) is 44.8 Å². The van der Waals surface area contributed by atoms with Crippen molar-refractivity contribution in [2.24, 2.45) is 53.3 Å². The number of carbonyl (C=O) groups is 1. The normalized spacial score (nSPS) is 31.9. The lowest BCUT2D eigenvalue weighted by atomic mass is 9.70. The third-order valence-electron chi connectivity index (χ3n) is 22.1. The van der Waals surface area contributed by atoms with Gasteiger partial charge < -0.3 is 41.8 Å². The molecule has 3 aliphatic heterocycles. The van der Waals surface area contributed by atoms with Crippen LogP contribution in [0.3, 0.4) is 0 Å². The summed E-state index contributed by atoms with van der Waals surface area (Å²) in [5.41, 5.74) is 0. The summed E-state index contributed by atoms with van der Waals surface area (Å²) < 4.78 is 61.2. The van der Waals surface area contributed by atoms with Gasteiger partial charge in [0.2, 0.25) is 0 Å². The van der Waals surface area contributed by atoms with Gasteiger partial charge in [0.05, 0.1) is 36.6 Å². The van der Waals surface area contributed by atoms with E-state index in [9.17, 15) is 9.90 Å². The highest BCUT2D eigenvalue weighted by Crippen LogP contribution is 2.53. The van der Waals surface area contributed by atoms with Gasteiger partial charge in [-0.1, -0.05) is 203 Å². The number of aliphatic hydroxyl groups is 1. The first-order valence-electron chi connectivity index (χ1n) is 32.2. The molecule has 3 heterocycles. The molecule has 482 valence electrons. The summed E-state index contributed by atoms with van der Waals surface area (Å²) in [6.07, 6.45) is 9.78. The highest BCUT2D eigenvalue weighted by Gasteiger charge is 2.60. The van der Waals surface area contributed by atoms with Gasteiger partial charge in [-0.3, -0.25) is 0 Å². The molecule has 3 aliphatic rings. The number of rotatable bonds is 25. The van der Waals surface area contributed by atoms with E-state index in [-0.39, 0.29) is 86.4 Å². The molecule has 82 heavy (non-hydrogen) atoms. The number of ether oxygens (including phenoxy) is 4. The Kier molecular flexibility index (Phi) is 27.8. The second-order valence-corrected chi connectivity index (χ2v) is 53.4. The molecule has 0 saturated carbocycles. The molecule has 0 amide bonds. The van der Waals surface area contributed by atoms with Crippen LogP contribution in [0.5, 0.6) is 0 Å². The summed E-state index contributed by atoms with van der Waals surface area (Å²) in [4.78, 5) is 14.6. The minimum absolute atomic E-state index is 0.0146. The first-order chi connectivity index (χ1) is 37.0. The summed E-state index contributed by atoms with van der Waals surface area (Å²) in [6, 6.07) is 0. The minimum atomic E-state index is -2.52. The maximum Gasteiger partial charge on any atom is 0.330 e. The SMILES string of the molecule is CC[C@@H](/C=C/I)CC[C@@H]1O[C@]2(CC[C@H](C)[C@H](C[C@@H](C)O[Si](C)(C)C(C)(C)C)O2)C[C@H](OC(=O)/C=C/[C@H](C)[C@@H](O[Si](C)(C)C(C)(C)C)[C@H](C)C2(O)O[C@H]([C@@H](C)[C@@H](O[Si](C)(C)C(C)(C)C)[C@H](C)CI)[C@@H](C)[C@H](O[Si](C)(C)C(C)(C)C)[C@H]2C)[C@@H]1C. The second-order valence-electron chi connectivity index (χ2n) is 32.8. The fourth-order valence-corrected chi connectivity index (χ4v) is 18.8. The van der Waals surface area contributed by atoms with Crippen LogP contribution in [0, 0.1) is 53.3 Å². The maximum absolute atomic E-state index is 14.6. The molecule has 3 fully saturated rings. The minimum Gasteiger partial charge on any atom is -0.459 e. The summed E-state index contributed by atoms with van der Waals surface area (Å²) in [5, 5.41) is 13.8. The highest BCUT2D eigenvalue weighted by atomic mass is 127. The number of alkyl halides is 1. The van der Waals surface area contributed by atoms with Gasteiger partial charge in [-0.2, -0.15) is 0 Å². The van der Waals surface area contributed by atoms with E-state index in [0.717, 1.165) is 43.0 Å². The van der Waals surface area contributed by atoms with Crippen LogP contribution in [0.2, 0.25) is 72.5 Å². The van der Waals surface area contributed by atoms with E-state index in [4.69, 9.17) is 36.7 Å². The number of hydrogen-bond donors (Lipinski definition) is 1. The number of hydrogen-bond acceptors (Lipinski definition) is 10. The van der Waals surface area contributed by atoms with Crippen molar-refractivity contribution in [1.29, 1.82) is 0 Å². The van der Waals surface area contributed by atoms with Crippen LogP contribution in [-0.4, -0.2) is 109 Å². The van der Waals surface area contributed by atoms with E-state index < -0.39 is 74.9 Å². The molecule has 1 N–H and O–H groups in total. The van der Waals surface area contributed by atoms with Crippen LogP contribution in [0.25, 0.3) is 0 Å². The van der Waals surface area contributed by atoms with Gasteiger partial charge in [-0.25, -0.2) is 4.79 Å². The van der Waals surface area contributed by atoms with Crippen molar-refractivity contribution >= 4 is 84.4 Å². The van der Waals surface area contributed by atoms with E-state index in [2.05, 4.69) is 260 Å². The van der Waals surface area contributed by atoms with Gasteiger partial charge in [-0.05, 0) is 139 Å². The molecule has 0 aliphatic carbocycles. The monoisotopic (exact) mass is 1450 g/mol. The molecule has 1 spiro atoms. The third-order valence-corrected chi connectivity index (χ3v) is 41.9. The Morgan fingerprint density at radius 3 is 1.70 bits per heavy atom. The molecule has 10 nitrogen and oxygen atoms in total. The van der Waals surface area contributed by atoms with Crippen molar-refractivity contribution in [3.8, 4) is 0 Å². The van der Waals surface area contributed by atoms with E-state index in [1.165, 1.54) is 0 Å². The molecule has 1 unspecified atom stereocenters. The molecule has 0 aromatic rings. The molecule has 0 aromatic heterocycles. The number of carbonyl (C=O) groups excluding carboxylic acids is 1. The van der Waals surface area contributed by atoms with Crippen molar-refractivity contribution in [1.82, 2.24) is 0 Å². The standard InChI is InChI=1S/C66H128I2O10Si4/c1-31-52(37-39-67)33-34-53-47(6)55(41-65(72-53)38-36-43(2)54(73-65)40-46(5)75-79(23,24)61(11,12)13)71-56(69)35-32-44(3)58(77-81(27,28)63(17,18)19)50(9)66(70)51(10)60(78-82(29,30)64(20,21)22)49(8)59(74-66)48(7)57(45(4)42-68)76-80(25,26)62(14,15)16/h32,35,37,39,43-55,57-60,70H,31,33-34,36,38,40-42H2,1-30H3/b35-32+,39-37+/t43-,44-,45+,46+,47+,48-,49+,50-,51+,52+,53-,54-,55-,57-,58+,59+,60-,65-,66?/m0/s1. The van der Waals surface area contributed by atoms with Gasteiger partial charge >= 0.3 is 5.97 Å². The van der Waals surface area contributed by atoms with Crippen LogP contribution in [0.15, 0.2) is 22.3 Å². The van der Waals surface area contributed by atoms with Crippen molar-refractivity contribution in [2.75, 3.05) is 4.43 Å². The van der Waals surface area contributed by atoms with Gasteiger partial charge in [-0.15, -0.1) is 0 Å². The molecule has 19 atom stereocenters. The van der Waals surface area contributed by atoms with Gasteiger partial charge in [0.25, 0.3) is 0 Å². The Hall–Kier alpha value is 0.958. The predicted octanol–water partition coefficient (Wildman–Crippen LogP) is 19.5. The topological polar surface area (TPSA) is 111 Å². The fourth-order valence-electron chi connectivity index (χ4n) is 11.8. The van der Waals surface area contributed by atoms with E-state index in [0.29, 0.717) is 18.3 Å². The first kappa shape index (κ1) is 77.2. The van der Waals surface area contributed by atoms with E-state index >= 15 is 0 Å². The van der Waals surface area contributed by atoms with Crippen LogP contribution in [-0.2, 0) is 41.4 Å². The summed E-state index contributed by atoms with van der Waals surface area (Å²) in [6.45, 7) is 68.1. The Labute approximate surface area is 536 Å². The zero-order valence-corrected chi connectivity index (χ0v) is 66.5. The van der Waals surface area contributed by atoms with E-state index in [1.807, 2.05) is 6.08 Å². The lowest BCUT2D eigenvalue weighted by Gasteiger charge is -2.58. The summed E-state index contributed by atoms with van der Waals surface area (Å²) in [7, 11) is -9.14. The predicted molar refractivity (Wildman–Crippen MR) is 372 cm³/mol. The smallest absolute Gasteiger partial charge is 0.330 e. The molecule has 3 saturated heterocycles. The van der Waals surface area contributed by atoms with E-state index in [1.54, 1.807) is 6.08 Å². The van der Waals surface area contributed by atoms with Crippen LogP contribution >= 0.6 is 45.2 Å². The average molecular weight is 1450 g/mol. The highest BCUT2D eigenvalue weighted by molar-refractivity contribution is 14.1. The zero-order chi connectivity index (χ0) is 63.5. The maximum atomic E-state index is 14.6. The second kappa shape index (κ2) is 29.5. The largest absolute Gasteiger partial charge is 0.459 e. The lowest BCUT2D eigenvalue weighted by molar-refractivity contribution is -0.354. The van der Waals surface area contributed by atoms with Crippen LogP contribution in [0.4, 0.5) is 0 Å². The number of halogens is 2. The Balaban J connectivity index is 2.15. The summed E-state index contributed by atoms with van der Waals surface area (Å²) >= 11 is 4.83. The Morgan fingerprint density at radius 1 is 0.707 bits per heavy atom. The zero-order valence-electron chi connectivity index (χ0n) is 58.2.